The van der Waals surface area contributed by atoms with Crippen molar-refractivity contribution in [3.63, 3.8) is 0 Å². The van der Waals surface area contributed by atoms with Crippen molar-refractivity contribution in [1.29, 1.82) is 0 Å². The molecule has 0 radical (unpaired) electrons. The van der Waals surface area contributed by atoms with Gasteiger partial charge >= 0.3 is 0 Å². The third-order valence-electron chi connectivity index (χ3n) is 4.53. The first kappa shape index (κ1) is 19.9. The van der Waals surface area contributed by atoms with E-state index in [0.29, 0.717) is 13.2 Å². The van der Waals surface area contributed by atoms with Crippen LogP contribution in [-0.2, 0) is 13.0 Å². The minimum Gasteiger partial charge on any atom is -0.494 e. The second-order valence-electron chi connectivity index (χ2n) is 6.76. The summed E-state index contributed by atoms with van der Waals surface area (Å²) in [5, 5.41) is 0. The van der Waals surface area contributed by atoms with Gasteiger partial charge in [0.1, 0.15) is 18.1 Å². The second-order valence-corrected chi connectivity index (χ2v) is 6.76. The molecule has 2 aromatic carbocycles. The first-order valence-electron chi connectivity index (χ1n) is 10.0. The topological polar surface area (TPSA) is 44.2 Å². The number of aryl methyl sites for hydroxylation is 1. The first-order valence-corrected chi connectivity index (χ1v) is 10.0. The lowest BCUT2D eigenvalue weighted by molar-refractivity contribution is 0.305. The maximum absolute atomic E-state index is 5.88. The summed E-state index contributed by atoms with van der Waals surface area (Å²) in [6.45, 7) is 5.39. The minimum absolute atomic E-state index is 0.523. The highest BCUT2D eigenvalue weighted by Crippen LogP contribution is 2.21. The Hall–Kier alpha value is -2.88. The van der Waals surface area contributed by atoms with Crippen molar-refractivity contribution in [3.05, 3.63) is 72.1 Å². The highest BCUT2D eigenvalue weighted by Gasteiger charge is 2.03. The molecule has 0 saturated heterocycles. The van der Waals surface area contributed by atoms with Gasteiger partial charge in [0, 0.05) is 18.0 Å². The van der Waals surface area contributed by atoms with Gasteiger partial charge in [0.2, 0.25) is 0 Å². The molecule has 0 unspecified atom stereocenters. The van der Waals surface area contributed by atoms with Crippen LogP contribution in [0.4, 0.5) is 0 Å². The zero-order valence-electron chi connectivity index (χ0n) is 16.7. The largest absolute Gasteiger partial charge is 0.494 e. The minimum atomic E-state index is 0.523. The van der Waals surface area contributed by atoms with Gasteiger partial charge in [-0.1, -0.05) is 31.9 Å². The number of aromatic nitrogens is 2. The Kier molecular flexibility index (Phi) is 7.42. The normalized spacial score (nSPS) is 10.6. The lowest BCUT2D eigenvalue weighted by Gasteiger charge is -2.08. The van der Waals surface area contributed by atoms with Gasteiger partial charge in [-0.2, -0.15) is 0 Å². The zero-order valence-corrected chi connectivity index (χ0v) is 16.7. The van der Waals surface area contributed by atoms with Crippen molar-refractivity contribution < 1.29 is 9.47 Å². The molecule has 3 aromatic rings. The van der Waals surface area contributed by atoms with Crippen molar-refractivity contribution in [2.24, 2.45) is 0 Å². The summed E-state index contributed by atoms with van der Waals surface area (Å²) in [5.41, 5.74) is 3.30. The van der Waals surface area contributed by atoms with Crippen LogP contribution in [0.15, 0.2) is 60.9 Å². The summed E-state index contributed by atoms with van der Waals surface area (Å²) in [4.78, 5) is 9.02. The molecule has 4 heteroatoms. The molecule has 0 spiro atoms. The van der Waals surface area contributed by atoms with Crippen LogP contribution >= 0.6 is 0 Å². The van der Waals surface area contributed by atoms with Gasteiger partial charge in [-0.05, 0) is 67.3 Å². The third-order valence-corrected chi connectivity index (χ3v) is 4.53. The van der Waals surface area contributed by atoms with Gasteiger partial charge in [0.25, 0.3) is 0 Å². The fourth-order valence-corrected chi connectivity index (χ4v) is 2.93. The van der Waals surface area contributed by atoms with E-state index in [0.717, 1.165) is 34.9 Å². The number of hydrogen-bond donors (Lipinski definition) is 0. The highest BCUT2D eigenvalue weighted by molar-refractivity contribution is 5.55. The average molecular weight is 377 g/mol. The van der Waals surface area contributed by atoms with Crippen molar-refractivity contribution >= 4 is 0 Å². The summed E-state index contributed by atoms with van der Waals surface area (Å²) in [6.07, 6.45) is 8.60. The smallest absolute Gasteiger partial charge is 0.159 e. The predicted molar refractivity (Wildman–Crippen MR) is 113 cm³/mol. The number of nitrogens with zero attached hydrogens (tertiary/aromatic N) is 2. The van der Waals surface area contributed by atoms with Crippen molar-refractivity contribution in [2.45, 2.75) is 46.1 Å². The monoisotopic (exact) mass is 376 g/mol. The van der Waals surface area contributed by atoms with Gasteiger partial charge in [0.05, 0.1) is 6.61 Å². The molecule has 146 valence electrons. The summed E-state index contributed by atoms with van der Waals surface area (Å²) in [6, 6.07) is 15.9. The molecule has 0 bridgehead atoms. The van der Waals surface area contributed by atoms with Crippen LogP contribution < -0.4 is 9.47 Å². The fraction of sp³-hybridized carbons (Fsp3) is 0.333. The number of unbranched alkanes of at least 4 members (excludes halogenated alkanes) is 2. The molecule has 4 nitrogen and oxygen atoms in total. The van der Waals surface area contributed by atoms with Crippen LogP contribution in [0.25, 0.3) is 11.4 Å². The van der Waals surface area contributed by atoms with Gasteiger partial charge in [-0.3, -0.25) is 0 Å². The van der Waals surface area contributed by atoms with E-state index < -0.39 is 0 Å². The standard InChI is InChI=1S/C24H28N2O2/c1-3-5-6-7-20-16-25-24(26-17-20)21-10-14-23(15-11-21)28-18-19-8-12-22(13-9-19)27-4-2/h8-17H,3-7,18H2,1-2H3. The Morgan fingerprint density at radius 2 is 1.36 bits per heavy atom. The van der Waals surface area contributed by atoms with Gasteiger partial charge in [0.15, 0.2) is 5.82 Å². The Balaban J connectivity index is 1.54. The maximum atomic E-state index is 5.88. The molecule has 1 heterocycles. The van der Waals surface area contributed by atoms with E-state index in [2.05, 4.69) is 16.9 Å². The van der Waals surface area contributed by atoms with Crippen LogP contribution in [-0.4, -0.2) is 16.6 Å². The molecule has 0 amide bonds. The quantitative estimate of drug-likeness (QED) is 0.416. The van der Waals surface area contributed by atoms with E-state index in [4.69, 9.17) is 9.47 Å². The average Bonchev–Trinajstić information content (AvgIpc) is 2.75. The molecule has 1 aromatic heterocycles. The molecule has 0 atom stereocenters. The number of ether oxygens (including phenoxy) is 2. The Labute approximate surface area is 167 Å². The van der Waals surface area contributed by atoms with E-state index in [9.17, 15) is 0 Å². The number of hydrogen-bond acceptors (Lipinski definition) is 4. The molecule has 0 aliphatic heterocycles. The Bertz CT molecular complexity index is 828. The molecule has 0 saturated carbocycles. The van der Waals surface area contributed by atoms with Gasteiger partial charge in [-0.25, -0.2) is 9.97 Å². The van der Waals surface area contributed by atoms with Crippen LogP contribution in [0, 0.1) is 0 Å². The summed E-state index contributed by atoms with van der Waals surface area (Å²) >= 11 is 0. The molecule has 3 rings (SSSR count). The Morgan fingerprint density at radius 1 is 0.714 bits per heavy atom. The van der Waals surface area contributed by atoms with E-state index >= 15 is 0 Å². The van der Waals surface area contributed by atoms with Crippen LogP contribution in [0.1, 0.15) is 44.2 Å². The van der Waals surface area contributed by atoms with Crippen LogP contribution in [0.3, 0.4) is 0 Å². The zero-order chi connectivity index (χ0) is 19.6. The lowest BCUT2D eigenvalue weighted by Crippen LogP contribution is -1.97. The third kappa shape index (κ3) is 5.81. The van der Waals surface area contributed by atoms with Gasteiger partial charge < -0.3 is 9.47 Å². The summed E-state index contributed by atoms with van der Waals surface area (Å²) in [7, 11) is 0. The van der Waals surface area contributed by atoms with Gasteiger partial charge in [-0.15, -0.1) is 0 Å². The molecule has 28 heavy (non-hydrogen) atoms. The summed E-state index contributed by atoms with van der Waals surface area (Å²) in [5.74, 6) is 2.46. The fourth-order valence-electron chi connectivity index (χ4n) is 2.93. The molecule has 0 N–H and O–H groups in total. The van der Waals surface area contributed by atoms with Crippen molar-refractivity contribution in [3.8, 4) is 22.9 Å². The first-order chi connectivity index (χ1) is 13.8. The lowest BCUT2D eigenvalue weighted by atomic mass is 10.1. The van der Waals surface area contributed by atoms with Crippen molar-refractivity contribution in [1.82, 2.24) is 9.97 Å². The van der Waals surface area contributed by atoms with E-state index in [1.165, 1.54) is 24.8 Å². The van der Waals surface area contributed by atoms with Crippen LogP contribution in [0.5, 0.6) is 11.5 Å². The second kappa shape index (κ2) is 10.5. The maximum Gasteiger partial charge on any atom is 0.159 e. The summed E-state index contributed by atoms with van der Waals surface area (Å²) < 4.78 is 11.3. The predicted octanol–water partition coefficient (Wildman–Crippen LogP) is 5.85. The van der Waals surface area contributed by atoms with Crippen molar-refractivity contribution in [2.75, 3.05) is 6.61 Å². The molecule has 0 fully saturated rings. The highest BCUT2D eigenvalue weighted by atomic mass is 16.5. The Morgan fingerprint density at radius 3 is 2.00 bits per heavy atom. The number of rotatable bonds is 10. The SMILES string of the molecule is CCCCCc1cnc(-c2ccc(OCc3ccc(OCC)cc3)cc2)nc1. The molecule has 0 aliphatic carbocycles. The molecule has 0 aliphatic rings. The number of benzene rings is 2. The van der Waals surface area contributed by atoms with Crippen LogP contribution in [0.2, 0.25) is 0 Å². The van der Waals surface area contributed by atoms with E-state index in [1.54, 1.807) is 0 Å². The molecular formula is C24H28N2O2. The van der Waals surface area contributed by atoms with E-state index in [-0.39, 0.29) is 0 Å². The molecular weight excluding hydrogens is 348 g/mol. The van der Waals surface area contributed by atoms with E-state index in [1.807, 2.05) is 67.8 Å².